The summed E-state index contributed by atoms with van der Waals surface area (Å²) in [6.07, 6.45) is 0. The highest BCUT2D eigenvalue weighted by Gasteiger charge is 2.61. The molecule has 0 aliphatic carbocycles. The fourth-order valence-corrected chi connectivity index (χ4v) is 5.40. The van der Waals surface area contributed by atoms with E-state index >= 15 is 0 Å². The number of fused-ring (bicyclic) bond motifs is 6. The number of aryl methyl sites for hydroxylation is 1. The molecular formula is C28H19FN4O3. The van der Waals surface area contributed by atoms with Crippen molar-refractivity contribution in [1.82, 2.24) is 4.57 Å². The van der Waals surface area contributed by atoms with Crippen molar-refractivity contribution < 1.29 is 13.9 Å². The molecule has 176 valence electrons. The summed E-state index contributed by atoms with van der Waals surface area (Å²) >= 11 is 0. The van der Waals surface area contributed by atoms with Gasteiger partial charge in [-0.05, 0) is 24.3 Å². The van der Waals surface area contributed by atoms with Crippen molar-refractivity contribution in [3.63, 3.8) is 0 Å². The molecule has 1 aromatic heterocycles. The van der Waals surface area contributed by atoms with Gasteiger partial charge in [0.1, 0.15) is 23.2 Å². The zero-order chi connectivity index (χ0) is 25.2. The number of nitrogens with two attached hydrogens (primary N) is 1. The number of pyridine rings is 1. The molecule has 0 saturated heterocycles. The maximum atomic E-state index is 14.6. The second kappa shape index (κ2) is 7.55. The van der Waals surface area contributed by atoms with Gasteiger partial charge in [-0.2, -0.15) is 5.26 Å². The average Bonchev–Trinajstić information content (AvgIpc) is 3.12. The molecule has 1 spiro atoms. The van der Waals surface area contributed by atoms with Gasteiger partial charge in [0.2, 0.25) is 11.8 Å². The van der Waals surface area contributed by atoms with E-state index < -0.39 is 22.7 Å². The number of para-hydroxylation sites is 2. The number of aromatic nitrogens is 1. The number of rotatable bonds is 2. The van der Waals surface area contributed by atoms with E-state index in [1.54, 1.807) is 73.8 Å². The van der Waals surface area contributed by atoms with Gasteiger partial charge < -0.3 is 19.9 Å². The van der Waals surface area contributed by atoms with Gasteiger partial charge in [0.05, 0.1) is 17.6 Å². The van der Waals surface area contributed by atoms with E-state index in [9.17, 15) is 19.2 Å². The van der Waals surface area contributed by atoms with E-state index in [1.165, 1.54) is 15.5 Å². The summed E-state index contributed by atoms with van der Waals surface area (Å²) < 4.78 is 22.0. The number of carbonyl (C=O) groups excluding carboxylic acids is 1. The Balaban J connectivity index is 1.73. The van der Waals surface area contributed by atoms with Crippen LogP contribution in [0.4, 0.5) is 10.1 Å². The number of nitriles is 1. The molecule has 2 N–H and O–H groups in total. The molecule has 0 bridgehead atoms. The lowest BCUT2D eigenvalue weighted by molar-refractivity contribution is -0.121. The van der Waals surface area contributed by atoms with Gasteiger partial charge in [-0.25, -0.2) is 4.39 Å². The van der Waals surface area contributed by atoms with Crippen LogP contribution in [0.25, 0.3) is 10.9 Å². The summed E-state index contributed by atoms with van der Waals surface area (Å²) in [5.41, 5.74) is 5.57. The van der Waals surface area contributed by atoms with Gasteiger partial charge in [-0.1, -0.05) is 48.5 Å². The van der Waals surface area contributed by atoms with E-state index in [0.29, 0.717) is 27.7 Å². The molecule has 8 heteroatoms. The predicted octanol–water partition coefficient (Wildman–Crippen LogP) is 3.60. The quantitative estimate of drug-likeness (QED) is 0.475. The van der Waals surface area contributed by atoms with Gasteiger partial charge >= 0.3 is 0 Å². The number of hydrogen-bond acceptors (Lipinski definition) is 5. The molecule has 2 aliphatic heterocycles. The molecule has 0 unspecified atom stereocenters. The Morgan fingerprint density at radius 3 is 2.50 bits per heavy atom. The highest BCUT2D eigenvalue weighted by molar-refractivity contribution is 6.14. The summed E-state index contributed by atoms with van der Waals surface area (Å²) in [5.74, 6) is -1.14. The summed E-state index contributed by atoms with van der Waals surface area (Å²) in [6, 6.07) is 22.2. The summed E-state index contributed by atoms with van der Waals surface area (Å²) in [5, 5.41) is 10.8. The van der Waals surface area contributed by atoms with Crippen LogP contribution < -0.4 is 20.9 Å². The van der Waals surface area contributed by atoms with E-state index in [-0.39, 0.29) is 29.3 Å². The third-order valence-corrected chi connectivity index (χ3v) is 7.03. The molecule has 0 fully saturated rings. The molecule has 6 rings (SSSR count). The van der Waals surface area contributed by atoms with Gasteiger partial charge in [0.15, 0.2) is 5.41 Å². The summed E-state index contributed by atoms with van der Waals surface area (Å²) in [7, 11) is 1.61. The SMILES string of the molecule is Cn1c(=O)c2c(c3ccccc31)OC(N)=C(C#N)[C@]21C(=O)N(Cc2ccccc2F)c2ccccc21. The van der Waals surface area contributed by atoms with E-state index in [1.807, 2.05) is 6.07 Å². The molecule has 2 aliphatic rings. The van der Waals surface area contributed by atoms with Crippen LogP contribution in [-0.4, -0.2) is 10.5 Å². The van der Waals surface area contributed by atoms with Crippen molar-refractivity contribution in [1.29, 1.82) is 5.26 Å². The number of amides is 1. The molecule has 3 aromatic carbocycles. The van der Waals surface area contributed by atoms with Crippen molar-refractivity contribution in [2.45, 2.75) is 12.0 Å². The summed E-state index contributed by atoms with van der Waals surface area (Å²) in [4.78, 5) is 29.8. The summed E-state index contributed by atoms with van der Waals surface area (Å²) in [6.45, 7) is -0.0903. The topological polar surface area (TPSA) is 101 Å². The molecule has 0 radical (unpaired) electrons. The fraction of sp³-hybridized carbons (Fsp3) is 0.107. The molecule has 1 atom stereocenters. The third kappa shape index (κ3) is 2.59. The number of halogens is 1. The lowest BCUT2D eigenvalue weighted by Gasteiger charge is -2.34. The van der Waals surface area contributed by atoms with Crippen molar-refractivity contribution in [2.24, 2.45) is 12.8 Å². The van der Waals surface area contributed by atoms with Crippen LogP contribution in [0, 0.1) is 17.1 Å². The van der Waals surface area contributed by atoms with Gasteiger partial charge in [0.25, 0.3) is 5.56 Å². The van der Waals surface area contributed by atoms with Crippen molar-refractivity contribution in [2.75, 3.05) is 4.90 Å². The van der Waals surface area contributed by atoms with Crippen LogP contribution in [-0.2, 0) is 23.8 Å². The number of anilines is 1. The van der Waals surface area contributed by atoms with Crippen molar-refractivity contribution in [3.8, 4) is 11.8 Å². The molecule has 1 amide bonds. The van der Waals surface area contributed by atoms with Crippen LogP contribution in [0.1, 0.15) is 16.7 Å². The maximum absolute atomic E-state index is 14.6. The molecule has 36 heavy (non-hydrogen) atoms. The van der Waals surface area contributed by atoms with Crippen LogP contribution in [0.15, 0.2) is 89.0 Å². The van der Waals surface area contributed by atoms with Crippen molar-refractivity contribution >= 4 is 22.5 Å². The molecule has 3 heterocycles. The molecule has 7 nitrogen and oxygen atoms in total. The maximum Gasteiger partial charge on any atom is 0.259 e. The van der Waals surface area contributed by atoms with E-state index in [2.05, 4.69) is 0 Å². The number of hydrogen-bond donors (Lipinski definition) is 1. The zero-order valence-corrected chi connectivity index (χ0v) is 19.2. The molecule has 4 aromatic rings. The Morgan fingerprint density at radius 2 is 1.72 bits per heavy atom. The minimum absolute atomic E-state index is 0.0166. The Kier molecular flexibility index (Phi) is 4.53. The van der Waals surface area contributed by atoms with E-state index in [0.717, 1.165) is 0 Å². The second-order valence-electron chi connectivity index (χ2n) is 8.79. The monoisotopic (exact) mass is 478 g/mol. The number of carbonyl (C=O) groups is 1. The van der Waals surface area contributed by atoms with Gasteiger partial charge in [-0.3, -0.25) is 9.59 Å². The van der Waals surface area contributed by atoms with Gasteiger partial charge in [-0.15, -0.1) is 0 Å². The fourth-order valence-electron chi connectivity index (χ4n) is 5.40. The first-order chi connectivity index (χ1) is 17.4. The average molecular weight is 478 g/mol. The lowest BCUT2D eigenvalue weighted by atomic mass is 9.69. The first-order valence-electron chi connectivity index (χ1n) is 11.3. The van der Waals surface area contributed by atoms with Crippen LogP contribution in [0.5, 0.6) is 5.75 Å². The third-order valence-electron chi connectivity index (χ3n) is 7.03. The Hall–Kier alpha value is -4.90. The largest absolute Gasteiger partial charge is 0.439 e. The molecule has 0 saturated carbocycles. The Bertz CT molecular complexity index is 1750. The first kappa shape index (κ1) is 21.6. The Labute approximate surface area is 205 Å². The first-order valence-corrected chi connectivity index (χ1v) is 11.3. The number of ether oxygens (including phenoxy) is 1. The standard InChI is InChI=1S/C28H19FN4O3/c1-32-21-12-6-3-9-17(21)24-23(26(32)34)28(19(14-30)25(31)36-24)18-10-4-7-13-22(18)33(27(28)35)15-16-8-2-5-11-20(16)29/h2-13H,15,31H2,1H3/t28-/m0/s1. The van der Waals surface area contributed by atoms with Crippen LogP contribution in [0.2, 0.25) is 0 Å². The smallest absolute Gasteiger partial charge is 0.259 e. The van der Waals surface area contributed by atoms with Crippen molar-refractivity contribution in [3.05, 3.63) is 117 Å². The van der Waals surface area contributed by atoms with E-state index in [4.69, 9.17) is 10.5 Å². The minimum atomic E-state index is -1.84. The Morgan fingerprint density at radius 1 is 1.03 bits per heavy atom. The van der Waals surface area contributed by atoms with Crippen LogP contribution in [0.3, 0.4) is 0 Å². The highest BCUT2D eigenvalue weighted by atomic mass is 19.1. The zero-order valence-electron chi connectivity index (χ0n) is 19.2. The van der Waals surface area contributed by atoms with Crippen LogP contribution >= 0.6 is 0 Å². The second-order valence-corrected chi connectivity index (χ2v) is 8.79. The molecular weight excluding hydrogens is 459 g/mol. The predicted molar refractivity (Wildman–Crippen MR) is 131 cm³/mol. The normalized spacial score (nSPS) is 18.2. The number of benzene rings is 3. The lowest BCUT2D eigenvalue weighted by Crippen LogP contribution is -2.49. The number of nitrogens with zero attached hydrogens (tertiary/aromatic N) is 3. The minimum Gasteiger partial charge on any atom is -0.439 e. The highest BCUT2D eigenvalue weighted by Crippen LogP contribution is 2.55. The van der Waals surface area contributed by atoms with Gasteiger partial charge in [0, 0.05) is 29.2 Å².